The number of hydrogen-bond donors (Lipinski definition) is 3. The number of amides is 3. The molecule has 33 heavy (non-hydrogen) atoms. The van der Waals surface area contributed by atoms with E-state index in [1.807, 2.05) is 60.7 Å². The first-order valence-corrected chi connectivity index (χ1v) is 10.8. The van der Waals surface area contributed by atoms with Crippen LogP contribution in [0.2, 0.25) is 0 Å². The number of piperidine rings is 1. The summed E-state index contributed by atoms with van der Waals surface area (Å²) in [5, 5.41) is 6.83. The van der Waals surface area contributed by atoms with Crippen LogP contribution in [0.15, 0.2) is 72.8 Å². The molecule has 8 heteroatoms. The highest BCUT2D eigenvalue weighted by Crippen LogP contribution is 2.18. The molecule has 4 rings (SSSR count). The van der Waals surface area contributed by atoms with Crippen LogP contribution >= 0.6 is 0 Å². The Labute approximate surface area is 191 Å². The van der Waals surface area contributed by atoms with Gasteiger partial charge in [-0.25, -0.2) is 0 Å². The summed E-state index contributed by atoms with van der Waals surface area (Å²) in [4.78, 5) is 39.0. The van der Waals surface area contributed by atoms with Crippen LogP contribution in [-0.4, -0.2) is 45.9 Å². The number of H-pyrrole nitrogens is 1. The highest BCUT2D eigenvalue weighted by molar-refractivity contribution is 5.95. The zero-order chi connectivity index (χ0) is 23.0. The number of nitrogens with one attached hydrogen (secondary N) is 3. The minimum absolute atomic E-state index is 0.0699. The van der Waals surface area contributed by atoms with E-state index in [4.69, 9.17) is 0 Å². The zero-order valence-corrected chi connectivity index (χ0v) is 18.0. The van der Waals surface area contributed by atoms with Gasteiger partial charge < -0.3 is 4.90 Å². The van der Waals surface area contributed by atoms with Gasteiger partial charge in [0, 0.05) is 30.6 Å². The first-order chi connectivity index (χ1) is 16.1. The fourth-order valence-electron chi connectivity index (χ4n) is 3.68. The number of rotatable bonds is 5. The van der Waals surface area contributed by atoms with Crippen molar-refractivity contribution >= 4 is 23.8 Å². The quantitative estimate of drug-likeness (QED) is 0.416. The third-order valence-electron chi connectivity index (χ3n) is 5.59. The van der Waals surface area contributed by atoms with E-state index in [1.54, 1.807) is 23.1 Å². The molecule has 3 aromatic rings. The van der Waals surface area contributed by atoms with Crippen LogP contribution in [0.3, 0.4) is 0 Å². The maximum Gasteiger partial charge on any atom is 0.287 e. The van der Waals surface area contributed by atoms with Gasteiger partial charge in [0.2, 0.25) is 11.8 Å². The van der Waals surface area contributed by atoms with Gasteiger partial charge in [-0.1, -0.05) is 60.7 Å². The minimum atomic E-state index is -0.475. The van der Waals surface area contributed by atoms with Gasteiger partial charge in [0.15, 0.2) is 0 Å². The molecule has 1 aliphatic heterocycles. The molecule has 0 spiro atoms. The van der Waals surface area contributed by atoms with Crippen molar-refractivity contribution in [2.45, 2.75) is 12.8 Å². The fraction of sp³-hybridized carbons (Fsp3) is 0.200. The maximum atomic E-state index is 12.5. The van der Waals surface area contributed by atoms with Gasteiger partial charge in [-0.3, -0.25) is 30.3 Å². The largest absolute Gasteiger partial charge is 0.339 e. The van der Waals surface area contributed by atoms with Crippen LogP contribution < -0.4 is 10.9 Å². The number of aromatic nitrogens is 2. The van der Waals surface area contributed by atoms with Crippen molar-refractivity contribution in [1.82, 2.24) is 25.9 Å². The molecule has 1 aromatic heterocycles. The molecule has 0 bridgehead atoms. The second-order valence-corrected chi connectivity index (χ2v) is 7.82. The SMILES string of the molecule is O=C(NNC(=O)C1CCN(C(=O)C=Cc2ccccc2)CC1)c1cc(-c2ccccc2)n[nH]1. The zero-order valence-electron chi connectivity index (χ0n) is 18.0. The first-order valence-electron chi connectivity index (χ1n) is 10.8. The Morgan fingerprint density at radius 3 is 2.30 bits per heavy atom. The van der Waals surface area contributed by atoms with Crippen molar-refractivity contribution in [2.24, 2.45) is 5.92 Å². The number of hydrogen-bond acceptors (Lipinski definition) is 4. The van der Waals surface area contributed by atoms with Crippen molar-refractivity contribution in [1.29, 1.82) is 0 Å². The Bertz CT molecular complexity index is 1130. The summed E-state index contributed by atoms with van der Waals surface area (Å²) in [7, 11) is 0. The molecular formula is C25H25N5O3. The Hall–Kier alpha value is -4.20. The maximum absolute atomic E-state index is 12.5. The third kappa shape index (κ3) is 5.74. The van der Waals surface area contributed by atoms with Gasteiger partial charge in [-0.2, -0.15) is 5.10 Å². The lowest BCUT2D eigenvalue weighted by molar-refractivity contribution is -0.132. The number of carbonyl (C=O) groups is 3. The molecule has 0 unspecified atom stereocenters. The van der Waals surface area contributed by atoms with Crippen LogP contribution in [0.4, 0.5) is 0 Å². The van der Waals surface area contributed by atoms with Gasteiger partial charge in [0.05, 0.1) is 5.69 Å². The van der Waals surface area contributed by atoms with E-state index in [0.717, 1.165) is 11.1 Å². The van der Waals surface area contributed by atoms with E-state index in [-0.39, 0.29) is 23.4 Å². The predicted molar refractivity (Wildman–Crippen MR) is 124 cm³/mol. The normalized spacial score (nSPS) is 14.2. The third-order valence-corrected chi connectivity index (χ3v) is 5.59. The van der Waals surface area contributed by atoms with Crippen molar-refractivity contribution in [3.63, 3.8) is 0 Å². The van der Waals surface area contributed by atoms with Crippen molar-refractivity contribution in [2.75, 3.05) is 13.1 Å². The van der Waals surface area contributed by atoms with E-state index in [9.17, 15) is 14.4 Å². The second-order valence-electron chi connectivity index (χ2n) is 7.82. The number of likely N-dealkylation sites (tertiary alicyclic amines) is 1. The lowest BCUT2D eigenvalue weighted by Crippen LogP contribution is -2.48. The van der Waals surface area contributed by atoms with Crippen LogP contribution in [0, 0.1) is 5.92 Å². The summed E-state index contributed by atoms with van der Waals surface area (Å²) in [6.07, 6.45) is 4.42. The molecule has 0 radical (unpaired) electrons. The lowest BCUT2D eigenvalue weighted by Gasteiger charge is -2.30. The lowest BCUT2D eigenvalue weighted by atomic mass is 9.96. The summed E-state index contributed by atoms with van der Waals surface area (Å²) < 4.78 is 0. The highest BCUT2D eigenvalue weighted by Gasteiger charge is 2.27. The molecule has 168 valence electrons. The molecule has 3 N–H and O–H groups in total. The minimum Gasteiger partial charge on any atom is -0.339 e. The van der Waals surface area contributed by atoms with Crippen molar-refractivity contribution < 1.29 is 14.4 Å². The molecule has 0 atom stereocenters. The average molecular weight is 444 g/mol. The molecule has 2 aromatic carbocycles. The Kier molecular flexibility index (Phi) is 6.94. The molecule has 1 aliphatic rings. The number of carbonyl (C=O) groups excluding carboxylic acids is 3. The van der Waals surface area contributed by atoms with Crippen molar-refractivity contribution in [3.8, 4) is 11.3 Å². The smallest absolute Gasteiger partial charge is 0.287 e. The van der Waals surface area contributed by atoms with Crippen LogP contribution in [-0.2, 0) is 9.59 Å². The number of nitrogens with zero attached hydrogens (tertiary/aromatic N) is 2. The molecular weight excluding hydrogens is 418 g/mol. The van der Waals surface area contributed by atoms with E-state index < -0.39 is 5.91 Å². The van der Waals surface area contributed by atoms with E-state index >= 15 is 0 Å². The molecule has 1 saturated heterocycles. The fourth-order valence-corrected chi connectivity index (χ4v) is 3.68. The van der Waals surface area contributed by atoms with Gasteiger partial charge in [-0.05, 0) is 30.5 Å². The van der Waals surface area contributed by atoms with Crippen LogP contribution in [0.5, 0.6) is 0 Å². The number of benzene rings is 2. The second kappa shape index (κ2) is 10.4. The van der Waals surface area contributed by atoms with Gasteiger partial charge in [-0.15, -0.1) is 0 Å². The highest BCUT2D eigenvalue weighted by atomic mass is 16.2. The predicted octanol–water partition coefficient (Wildman–Crippen LogP) is 2.79. The number of hydrazine groups is 1. The Morgan fingerprint density at radius 1 is 0.939 bits per heavy atom. The molecule has 0 saturated carbocycles. The number of aromatic amines is 1. The molecule has 1 fully saturated rings. The van der Waals surface area contributed by atoms with E-state index in [1.165, 1.54) is 0 Å². The molecule has 3 amide bonds. The summed E-state index contributed by atoms with van der Waals surface area (Å²) >= 11 is 0. The Balaban J connectivity index is 1.22. The van der Waals surface area contributed by atoms with Crippen LogP contribution in [0.1, 0.15) is 28.9 Å². The van der Waals surface area contributed by atoms with Gasteiger partial charge in [0.1, 0.15) is 5.69 Å². The monoisotopic (exact) mass is 443 g/mol. The molecule has 2 heterocycles. The average Bonchev–Trinajstić information content (AvgIpc) is 3.37. The summed E-state index contributed by atoms with van der Waals surface area (Å²) in [6.45, 7) is 0.982. The standard InChI is InChI=1S/C25H25N5O3/c31-23(12-11-18-7-3-1-4-8-18)30-15-13-20(14-16-30)24(32)28-29-25(33)22-17-21(26-27-22)19-9-5-2-6-10-19/h1-12,17,20H,13-16H2,(H,26,27)(H,28,32)(H,29,33). The van der Waals surface area contributed by atoms with Gasteiger partial charge >= 0.3 is 0 Å². The first kappa shape index (κ1) is 22.0. The molecule has 8 nitrogen and oxygen atoms in total. The summed E-state index contributed by atoms with van der Waals surface area (Å²) in [6, 6.07) is 20.7. The van der Waals surface area contributed by atoms with Crippen LogP contribution in [0.25, 0.3) is 17.3 Å². The summed E-state index contributed by atoms with van der Waals surface area (Å²) in [5.74, 6) is -1.08. The van der Waals surface area contributed by atoms with E-state index in [0.29, 0.717) is 31.6 Å². The summed E-state index contributed by atoms with van der Waals surface area (Å²) in [5.41, 5.74) is 7.66. The van der Waals surface area contributed by atoms with Gasteiger partial charge in [0.25, 0.3) is 5.91 Å². The molecule has 0 aliphatic carbocycles. The Morgan fingerprint density at radius 2 is 1.61 bits per heavy atom. The van der Waals surface area contributed by atoms with E-state index in [2.05, 4.69) is 21.0 Å². The van der Waals surface area contributed by atoms with Crippen molar-refractivity contribution in [3.05, 3.63) is 84.1 Å². The topological polar surface area (TPSA) is 107 Å².